The fourth-order valence-electron chi connectivity index (χ4n) is 2.56. The van der Waals surface area contributed by atoms with Crippen LogP contribution in [0.1, 0.15) is 19.8 Å². The van der Waals surface area contributed by atoms with Crippen molar-refractivity contribution in [3.63, 3.8) is 0 Å². The van der Waals surface area contributed by atoms with Gasteiger partial charge in [0.05, 0.1) is 5.60 Å². The summed E-state index contributed by atoms with van der Waals surface area (Å²) in [4.78, 5) is 0. The average Bonchev–Trinajstić information content (AvgIpc) is 2.40. The summed E-state index contributed by atoms with van der Waals surface area (Å²) in [6.07, 6.45) is 1.77. The van der Waals surface area contributed by atoms with Crippen LogP contribution in [0.2, 0.25) is 0 Å². The van der Waals surface area contributed by atoms with Gasteiger partial charge in [0.1, 0.15) is 0 Å². The van der Waals surface area contributed by atoms with E-state index in [0.29, 0.717) is 26.2 Å². The van der Waals surface area contributed by atoms with Gasteiger partial charge in [0, 0.05) is 46.4 Å². The van der Waals surface area contributed by atoms with Crippen LogP contribution in [-0.2, 0) is 14.9 Å². The maximum atomic E-state index is 12.5. The fourth-order valence-corrected chi connectivity index (χ4v) is 4.33. The Balaban J connectivity index is 2.09. The van der Waals surface area contributed by atoms with Crippen LogP contribution in [0.5, 0.6) is 0 Å². The molecule has 0 radical (unpaired) electrons. The number of piperidine rings is 1. The molecule has 0 bridgehead atoms. The first-order chi connectivity index (χ1) is 8.48. The third kappa shape index (κ3) is 2.85. The lowest BCUT2D eigenvalue weighted by atomic mass is 9.96. The molecule has 2 rings (SSSR count). The Morgan fingerprint density at radius 3 is 2.44 bits per heavy atom. The maximum absolute atomic E-state index is 12.5. The van der Waals surface area contributed by atoms with Gasteiger partial charge in [-0.25, -0.2) is 0 Å². The molecule has 0 spiro atoms. The standard InChI is InChI=1S/C11H23N3O3S/c1-11(17-2)4-3-7-14(10-11)18(15,16)13-8-5-12-6-9-13/h12H,3-10H2,1-2H3. The number of ether oxygens (including phenoxy) is 1. The Morgan fingerprint density at radius 1 is 1.17 bits per heavy atom. The van der Waals surface area contributed by atoms with Gasteiger partial charge in [-0.05, 0) is 19.8 Å². The number of nitrogens with zero attached hydrogens (tertiary/aromatic N) is 2. The number of methoxy groups -OCH3 is 1. The van der Waals surface area contributed by atoms with Gasteiger partial charge in [0.15, 0.2) is 0 Å². The van der Waals surface area contributed by atoms with Gasteiger partial charge in [-0.2, -0.15) is 17.0 Å². The largest absolute Gasteiger partial charge is 0.377 e. The highest BCUT2D eigenvalue weighted by molar-refractivity contribution is 7.86. The van der Waals surface area contributed by atoms with E-state index in [9.17, 15) is 8.42 Å². The summed E-state index contributed by atoms with van der Waals surface area (Å²) in [5.41, 5.74) is -0.348. The maximum Gasteiger partial charge on any atom is 0.282 e. The second-order valence-electron chi connectivity index (χ2n) is 5.25. The van der Waals surface area contributed by atoms with Crippen LogP contribution in [0, 0.1) is 0 Å². The Kier molecular flexibility index (Phi) is 4.28. The zero-order valence-corrected chi connectivity index (χ0v) is 12.0. The normalized spacial score (nSPS) is 32.6. The zero-order chi connectivity index (χ0) is 13.2. The Morgan fingerprint density at radius 2 is 1.83 bits per heavy atom. The van der Waals surface area contributed by atoms with Crippen LogP contribution in [0.4, 0.5) is 0 Å². The highest BCUT2D eigenvalue weighted by atomic mass is 32.2. The van der Waals surface area contributed by atoms with Crippen molar-refractivity contribution in [2.45, 2.75) is 25.4 Å². The number of hydrogen-bond acceptors (Lipinski definition) is 4. The quantitative estimate of drug-likeness (QED) is 0.765. The molecule has 0 aromatic heterocycles. The molecule has 0 aromatic rings. The third-order valence-corrected chi connectivity index (χ3v) is 5.83. The molecule has 2 saturated heterocycles. The lowest BCUT2D eigenvalue weighted by Crippen LogP contribution is -2.56. The van der Waals surface area contributed by atoms with Crippen molar-refractivity contribution < 1.29 is 13.2 Å². The van der Waals surface area contributed by atoms with E-state index < -0.39 is 10.2 Å². The van der Waals surface area contributed by atoms with E-state index in [-0.39, 0.29) is 5.60 Å². The minimum Gasteiger partial charge on any atom is -0.377 e. The first kappa shape index (κ1) is 14.2. The third-order valence-electron chi connectivity index (χ3n) is 3.85. The fraction of sp³-hybridized carbons (Fsp3) is 1.00. The highest BCUT2D eigenvalue weighted by Gasteiger charge is 2.39. The van der Waals surface area contributed by atoms with Crippen LogP contribution in [0.15, 0.2) is 0 Å². The summed E-state index contributed by atoms with van der Waals surface area (Å²) >= 11 is 0. The second kappa shape index (κ2) is 5.42. The van der Waals surface area contributed by atoms with Crippen molar-refractivity contribution in [1.82, 2.24) is 13.9 Å². The molecule has 2 aliphatic heterocycles. The van der Waals surface area contributed by atoms with Crippen molar-refractivity contribution in [1.29, 1.82) is 0 Å². The van der Waals surface area contributed by atoms with Crippen molar-refractivity contribution in [2.24, 2.45) is 0 Å². The molecule has 2 fully saturated rings. The monoisotopic (exact) mass is 277 g/mol. The molecule has 2 heterocycles. The minimum atomic E-state index is -3.32. The van der Waals surface area contributed by atoms with Crippen LogP contribution in [0.3, 0.4) is 0 Å². The van der Waals surface area contributed by atoms with Crippen LogP contribution < -0.4 is 5.32 Å². The van der Waals surface area contributed by atoms with Gasteiger partial charge in [-0.15, -0.1) is 0 Å². The first-order valence-electron chi connectivity index (χ1n) is 6.49. The van der Waals surface area contributed by atoms with Crippen molar-refractivity contribution in [3.05, 3.63) is 0 Å². The Labute approximate surface area is 109 Å². The van der Waals surface area contributed by atoms with Crippen molar-refractivity contribution in [3.8, 4) is 0 Å². The molecule has 1 N–H and O–H groups in total. The predicted molar refractivity (Wildman–Crippen MR) is 69.6 cm³/mol. The lowest BCUT2D eigenvalue weighted by Gasteiger charge is -2.41. The number of nitrogens with one attached hydrogen (secondary N) is 1. The molecule has 18 heavy (non-hydrogen) atoms. The van der Waals surface area contributed by atoms with E-state index in [1.807, 2.05) is 6.92 Å². The smallest absolute Gasteiger partial charge is 0.282 e. The van der Waals surface area contributed by atoms with Gasteiger partial charge >= 0.3 is 0 Å². The SMILES string of the molecule is COC1(C)CCCN(S(=O)(=O)N2CCNCC2)C1. The predicted octanol–water partition coefficient (Wildman–Crippen LogP) is -0.363. The molecule has 0 saturated carbocycles. The number of hydrogen-bond donors (Lipinski definition) is 1. The molecule has 2 aliphatic rings. The molecule has 1 atom stereocenters. The van der Waals surface area contributed by atoms with E-state index >= 15 is 0 Å². The molecular formula is C11H23N3O3S. The van der Waals surface area contributed by atoms with Crippen LogP contribution in [-0.4, -0.2) is 69.0 Å². The van der Waals surface area contributed by atoms with Gasteiger partial charge in [0.25, 0.3) is 10.2 Å². The van der Waals surface area contributed by atoms with E-state index in [1.165, 1.54) is 0 Å². The van der Waals surface area contributed by atoms with E-state index in [2.05, 4.69) is 5.32 Å². The summed E-state index contributed by atoms with van der Waals surface area (Å²) in [6, 6.07) is 0. The van der Waals surface area contributed by atoms with Crippen LogP contribution in [0.25, 0.3) is 0 Å². The number of rotatable bonds is 3. The summed E-state index contributed by atoms with van der Waals surface area (Å²) in [5, 5.41) is 3.17. The molecule has 106 valence electrons. The minimum absolute atomic E-state index is 0.348. The van der Waals surface area contributed by atoms with E-state index in [1.54, 1.807) is 15.7 Å². The molecule has 0 aromatic carbocycles. The Hall–Kier alpha value is -0.210. The lowest BCUT2D eigenvalue weighted by molar-refractivity contribution is -0.0330. The molecule has 0 aliphatic carbocycles. The van der Waals surface area contributed by atoms with Gasteiger partial charge in [-0.3, -0.25) is 0 Å². The van der Waals surface area contributed by atoms with Gasteiger partial charge in [0.2, 0.25) is 0 Å². The average molecular weight is 277 g/mol. The molecule has 6 nitrogen and oxygen atoms in total. The highest BCUT2D eigenvalue weighted by Crippen LogP contribution is 2.26. The summed E-state index contributed by atoms with van der Waals surface area (Å²) in [6.45, 7) is 5.61. The van der Waals surface area contributed by atoms with Crippen molar-refractivity contribution in [2.75, 3.05) is 46.4 Å². The topological polar surface area (TPSA) is 61.9 Å². The van der Waals surface area contributed by atoms with Crippen LogP contribution >= 0.6 is 0 Å². The summed E-state index contributed by atoms with van der Waals surface area (Å²) in [5.74, 6) is 0. The molecule has 7 heteroatoms. The van der Waals surface area contributed by atoms with Crippen molar-refractivity contribution >= 4 is 10.2 Å². The molecular weight excluding hydrogens is 254 g/mol. The zero-order valence-electron chi connectivity index (χ0n) is 11.2. The molecule has 0 amide bonds. The summed E-state index contributed by atoms with van der Waals surface area (Å²) < 4.78 is 33.6. The second-order valence-corrected chi connectivity index (χ2v) is 7.18. The Bertz CT molecular complexity index is 381. The number of piperazine rings is 1. The molecule has 1 unspecified atom stereocenters. The van der Waals surface area contributed by atoms with E-state index in [4.69, 9.17) is 4.74 Å². The first-order valence-corrected chi connectivity index (χ1v) is 7.89. The van der Waals surface area contributed by atoms with E-state index in [0.717, 1.165) is 25.9 Å². The summed E-state index contributed by atoms with van der Waals surface area (Å²) in [7, 11) is -1.67. The van der Waals surface area contributed by atoms with Gasteiger partial charge < -0.3 is 10.1 Å². The van der Waals surface area contributed by atoms with Gasteiger partial charge in [-0.1, -0.05) is 0 Å².